The van der Waals surface area contributed by atoms with Gasteiger partial charge in [0, 0.05) is 5.56 Å². The molecule has 0 saturated heterocycles. The second-order valence-electron chi connectivity index (χ2n) is 6.64. The molecule has 0 bridgehead atoms. The second-order valence-corrected chi connectivity index (χ2v) is 6.64. The topological polar surface area (TPSA) is 79.3 Å². The molecule has 5 nitrogen and oxygen atoms in total. The number of alkyl halides is 3. The maximum absolute atomic E-state index is 14.0. The zero-order valence-electron chi connectivity index (χ0n) is 15.9. The van der Waals surface area contributed by atoms with Crippen molar-refractivity contribution in [1.82, 2.24) is 10.3 Å². The summed E-state index contributed by atoms with van der Waals surface area (Å²) in [6.45, 7) is 0. The van der Waals surface area contributed by atoms with Crippen LogP contribution in [0.25, 0.3) is 11.3 Å². The standard InChI is InChI=1S/C22H16F4N2O3/c23-16-8-2-1-7-15(16)17-9-4-10-18(27-17)21(31)28-19(12-20(29)30)13-5-3-6-14(11-13)22(24,25)26/h1-11,19H,12H2,(H,28,31)(H,29,30)/t19-/m0/s1. The van der Waals surface area contributed by atoms with Crippen molar-refractivity contribution in [3.8, 4) is 11.3 Å². The second kappa shape index (κ2) is 8.95. The fourth-order valence-electron chi connectivity index (χ4n) is 2.97. The molecule has 3 rings (SSSR count). The molecule has 1 heterocycles. The van der Waals surface area contributed by atoms with Gasteiger partial charge in [-0.25, -0.2) is 9.37 Å². The highest BCUT2D eigenvalue weighted by molar-refractivity contribution is 5.93. The molecule has 0 aliphatic rings. The first-order valence-electron chi connectivity index (χ1n) is 9.07. The van der Waals surface area contributed by atoms with Gasteiger partial charge in [-0.05, 0) is 42.0 Å². The highest BCUT2D eigenvalue weighted by Crippen LogP contribution is 2.31. The van der Waals surface area contributed by atoms with Crippen molar-refractivity contribution in [3.05, 3.63) is 89.4 Å². The van der Waals surface area contributed by atoms with Crippen molar-refractivity contribution >= 4 is 11.9 Å². The molecule has 0 radical (unpaired) electrons. The molecule has 2 aromatic carbocycles. The lowest BCUT2D eigenvalue weighted by Crippen LogP contribution is -2.31. The largest absolute Gasteiger partial charge is 0.481 e. The number of aliphatic carboxylic acids is 1. The van der Waals surface area contributed by atoms with Crippen molar-refractivity contribution in [2.24, 2.45) is 0 Å². The SMILES string of the molecule is O=C(O)C[C@H](NC(=O)c1cccc(-c2ccccc2F)n1)c1cccc(C(F)(F)F)c1. The van der Waals surface area contributed by atoms with Crippen LogP contribution < -0.4 is 5.32 Å². The van der Waals surface area contributed by atoms with E-state index in [-0.39, 0.29) is 22.5 Å². The molecule has 1 atom stereocenters. The number of rotatable bonds is 6. The first-order chi connectivity index (χ1) is 14.6. The number of carboxylic acids is 1. The number of hydrogen-bond acceptors (Lipinski definition) is 3. The van der Waals surface area contributed by atoms with Crippen LogP contribution in [0.15, 0.2) is 66.7 Å². The zero-order chi connectivity index (χ0) is 22.6. The van der Waals surface area contributed by atoms with Gasteiger partial charge in [0.25, 0.3) is 5.91 Å². The van der Waals surface area contributed by atoms with Crippen LogP contribution in [0.5, 0.6) is 0 Å². The number of pyridine rings is 1. The number of benzene rings is 2. The van der Waals surface area contributed by atoms with Gasteiger partial charge in [-0.2, -0.15) is 13.2 Å². The van der Waals surface area contributed by atoms with E-state index in [2.05, 4.69) is 10.3 Å². The molecule has 160 valence electrons. The highest BCUT2D eigenvalue weighted by Gasteiger charge is 2.31. The normalized spacial score (nSPS) is 12.3. The lowest BCUT2D eigenvalue weighted by Gasteiger charge is -2.19. The van der Waals surface area contributed by atoms with Crippen LogP contribution in [0, 0.1) is 5.82 Å². The number of carbonyl (C=O) groups excluding carboxylic acids is 1. The van der Waals surface area contributed by atoms with Gasteiger partial charge in [-0.15, -0.1) is 0 Å². The summed E-state index contributed by atoms with van der Waals surface area (Å²) >= 11 is 0. The van der Waals surface area contributed by atoms with Crippen molar-refractivity contribution in [1.29, 1.82) is 0 Å². The summed E-state index contributed by atoms with van der Waals surface area (Å²) in [4.78, 5) is 28.0. The van der Waals surface area contributed by atoms with E-state index in [0.29, 0.717) is 0 Å². The molecule has 9 heteroatoms. The third kappa shape index (κ3) is 5.44. The molecule has 0 fully saturated rings. The molecule has 1 aromatic heterocycles. The fourth-order valence-corrected chi connectivity index (χ4v) is 2.97. The van der Waals surface area contributed by atoms with Gasteiger partial charge in [-0.1, -0.05) is 30.3 Å². The molecule has 0 saturated carbocycles. The average molecular weight is 432 g/mol. The Morgan fingerprint density at radius 2 is 1.71 bits per heavy atom. The van der Waals surface area contributed by atoms with E-state index in [4.69, 9.17) is 5.11 Å². The van der Waals surface area contributed by atoms with Gasteiger partial charge in [-0.3, -0.25) is 9.59 Å². The predicted octanol–water partition coefficient (Wildman–Crippen LogP) is 4.85. The van der Waals surface area contributed by atoms with Crippen molar-refractivity contribution in [3.63, 3.8) is 0 Å². The third-order valence-electron chi connectivity index (χ3n) is 4.43. The molecule has 0 unspecified atom stereocenters. The maximum atomic E-state index is 14.0. The summed E-state index contributed by atoms with van der Waals surface area (Å²) in [5, 5.41) is 11.6. The molecular weight excluding hydrogens is 416 g/mol. The number of nitrogens with one attached hydrogen (secondary N) is 1. The van der Waals surface area contributed by atoms with Gasteiger partial charge >= 0.3 is 12.1 Å². The van der Waals surface area contributed by atoms with Gasteiger partial charge in [0.1, 0.15) is 11.5 Å². The number of carboxylic acid groups (broad SMARTS) is 1. The summed E-state index contributed by atoms with van der Waals surface area (Å²) in [6, 6.07) is 13.0. The number of halogens is 4. The Bertz CT molecular complexity index is 1120. The summed E-state index contributed by atoms with van der Waals surface area (Å²) in [7, 11) is 0. The molecule has 3 aromatic rings. The minimum absolute atomic E-state index is 0.0177. The Hall–Kier alpha value is -3.75. The summed E-state index contributed by atoms with van der Waals surface area (Å²) in [5.41, 5.74) is -0.773. The van der Waals surface area contributed by atoms with Crippen molar-refractivity contribution < 1.29 is 32.3 Å². The van der Waals surface area contributed by atoms with E-state index in [1.807, 2.05) is 0 Å². The molecule has 31 heavy (non-hydrogen) atoms. The Morgan fingerprint density at radius 1 is 1.00 bits per heavy atom. The quantitative estimate of drug-likeness (QED) is 0.546. The molecule has 0 aliphatic carbocycles. The maximum Gasteiger partial charge on any atom is 0.416 e. The first-order valence-corrected chi connectivity index (χ1v) is 9.07. The van der Waals surface area contributed by atoms with Crippen LogP contribution in [0.2, 0.25) is 0 Å². The predicted molar refractivity (Wildman–Crippen MR) is 104 cm³/mol. The van der Waals surface area contributed by atoms with E-state index in [9.17, 15) is 27.2 Å². The van der Waals surface area contributed by atoms with Gasteiger partial charge < -0.3 is 10.4 Å². The highest BCUT2D eigenvalue weighted by atomic mass is 19.4. The van der Waals surface area contributed by atoms with Gasteiger partial charge in [0.05, 0.1) is 23.7 Å². The van der Waals surface area contributed by atoms with Crippen LogP contribution >= 0.6 is 0 Å². The third-order valence-corrected chi connectivity index (χ3v) is 4.43. The molecule has 2 N–H and O–H groups in total. The number of hydrogen-bond donors (Lipinski definition) is 2. The molecular formula is C22H16F4N2O3. The average Bonchev–Trinajstić information content (AvgIpc) is 2.73. The van der Waals surface area contributed by atoms with E-state index < -0.39 is 41.9 Å². The molecule has 1 amide bonds. The van der Waals surface area contributed by atoms with Crippen molar-refractivity contribution in [2.75, 3.05) is 0 Å². The monoisotopic (exact) mass is 432 g/mol. The first kappa shape index (κ1) is 21.9. The van der Waals surface area contributed by atoms with Crippen LogP contribution in [-0.4, -0.2) is 22.0 Å². The smallest absolute Gasteiger partial charge is 0.416 e. The summed E-state index contributed by atoms with van der Waals surface area (Å²) in [6.07, 6.45) is -5.26. The van der Waals surface area contributed by atoms with Gasteiger partial charge in [0.2, 0.25) is 0 Å². The van der Waals surface area contributed by atoms with Crippen molar-refractivity contribution in [2.45, 2.75) is 18.6 Å². The molecule has 0 spiro atoms. The number of aromatic nitrogens is 1. The van der Waals surface area contributed by atoms with Crippen LogP contribution in [0.1, 0.15) is 34.1 Å². The Morgan fingerprint density at radius 3 is 2.39 bits per heavy atom. The zero-order valence-corrected chi connectivity index (χ0v) is 15.9. The van der Waals surface area contributed by atoms with Crippen LogP contribution in [0.3, 0.4) is 0 Å². The van der Waals surface area contributed by atoms with E-state index in [1.54, 1.807) is 6.07 Å². The van der Waals surface area contributed by atoms with E-state index in [1.165, 1.54) is 42.5 Å². The number of nitrogens with zero attached hydrogens (tertiary/aromatic N) is 1. The van der Waals surface area contributed by atoms with Crippen LogP contribution in [-0.2, 0) is 11.0 Å². The number of amides is 1. The summed E-state index contributed by atoms with van der Waals surface area (Å²) in [5.74, 6) is -2.65. The minimum atomic E-state index is -4.62. The van der Waals surface area contributed by atoms with E-state index >= 15 is 0 Å². The Balaban J connectivity index is 1.89. The lowest BCUT2D eigenvalue weighted by molar-refractivity contribution is -0.138. The minimum Gasteiger partial charge on any atom is -0.481 e. The lowest BCUT2D eigenvalue weighted by atomic mass is 10.0. The van der Waals surface area contributed by atoms with Crippen LogP contribution in [0.4, 0.5) is 17.6 Å². The fraction of sp³-hybridized carbons (Fsp3) is 0.136. The Kier molecular flexibility index (Phi) is 6.33. The molecule has 0 aliphatic heterocycles. The Labute approximate surface area is 174 Å². The van der Waals surface area contributed by atoms with E-state index in [0.717, 1.165) is 18.2 Å². The van der Waals surface area contributed by atoms with Gasteiger partial charge in [0.15, 0.2) is 0 Å². The summed E-state index contributed by atoms with van der Waals surface area (Å²) < 4.78 is 53.1. The number of carbonyl (C=O) groups is 2.